The van der Waals surface area contributed by atoms with Crippen LogP contribution in [0.3, 0.4) is 0 Å². The molecule has 0 saturated heterocycles. The normalized spacial score (nSPS) is 11.7. The van der Waals surface area contributed by atoms with E-state index in [-0.39, 0.29) is 17.7 Å². The van der Waals surface area contributed by atoms with Crippen LogP contribution >= 0.6 is 0 Å². The van der Waals surface area contributed by atoms with Crippen LogP contribution in [0.1, 0.15) is 37.0 Å². The average Bonchev–Trinajstić information content (AvgIpc) is 2.75. The standard InChI is InChI=1S/C27H30N2O2/c1-20(2)17-26(30)28-25(19-22-13-7-4-8-14-22)27(31)29-24-16-10-9-15-23(24)18-21-11-5-3-6-12-21/h3-16,20,25H,17-19H2,1-2H3,(H,28,30)(H,29,31)/t25-/m1/s1. The highest BCUT2D eigenvalue weighted by Crippen LogP contribution is 2.20. The molecule has 0 bridgehead atoms. The maximum absolute atomic E-state index is 13.2. The SMILES string of the molecule is CC(C)CC(=O)N[C@H](Cc1ccccc1)C(=O)Nc1ccccc1Cc1ccccc1. The molecule has 4 nitrogen and oxygen atoms in total. The molecular formula is C27H30N2O2. The van der Waals surface area contributed by atoms with E-state index in [1.54, 1.807) is 0 Å². The van der Waals surface area contributed by atoms with Gasteiger partial charge in [-0.15, -0.1) is 0 Å². The summed E-state index contributed by atoms with van der Waals surface area (Å²) in [6.45, 7) is 3.98. The average molecular weight is 415 g/mol. The third kappa shape index (κ3) is 7.10. The van der Waals surface area contributed by atoms with Gasteiger partial charge in [0.2, 0.25) is 11.8 Å². The lowest BCUT2D eigenvalue weighted by molar-refractivity contribution is -0.127. The largest absolute Gasteiger partial charge is 0.344 e. The molecule has 3 aromatic rings. The van der Waals surface area contributed by atoms with Gasteiger partial charge in [0.1, 0.15) is 6.04 Å². The first-order valence-electron chi connectivity index (χ1n) is 10.8. The molecule has 0 aromatic heterocycles. The van der Waals surface area contributed by atoms with Crippen LogP contribution in [0, 0.1) is 5.92 Å². The zero-order valence-electron chi connectivity index (χ0n) is 18.2. The first-order chi connectivity index (χ1) is 15.0. The monoisotopic (exact) mass is 414 g/mol. The molecule has 3 aromatic carbocycles. The van der Waals surface area contributed by atoms with Crippen LogP contribution in [0.5, 0.6) is 0 Å². The van der Waals surface area contributed by atoms with Gasteiger partial charge in [-0.25, -0.2) is 0 Å². The van der Waals surface area contributed by atoms with Crippen molar-refractivity contribution in [3.05, 3.63) is 102 Å². The molecule has 31 heavy (non-hydrogen) atoms. The maximum atomic E-state index is 13.2. The van der Waals surface area contributed by atoms with Crippen molar-refractivity contribution >= 4 is 17.5 Å². The number of carbonyl (C=O) groups excluding carboxylic acids is 2. The molecule has 0 aliphatic heterocycles. The quantitative estimate of drug-likeness (QED) is 0.518. The van der Waals surface area contributed by atoms with E-state index < -0.39 is 6.04 Å². The topological polar surface area (TPSA) is 58.2 Å². The Morgan fingerprint density at radius 3 is 2.00 bits per heavy atom. The van der Waals surface area contributed by atoms with Gasteiger partial charge in [0.25, 0.3) is 0 Å². The van der Waals surface area contributed by atoms with E-state index in [0.29, 0.717) is 12.8 Å². The second-order valence-corrected chi connectivity index (χ2v) is 8.22. The Balaban J connectivity index is 1.77. The van der Waals surface area contributed by atoms with Crippen LogP contribution in [-0.4, -0.2) is 17.9 Å². The Morgan fingerprint density at radius 1 is 0.774 bits per heavy atom. The van der Waals surface area contributed by atoms with Crippen molar-refractivity contribution in [2.75, 3.05) is 5.32 Å². The minimum atomic E-state index is -0.640. The van der Waals surface area contributed by atoms with Gasteiger partial charge in [-0.2, -0.15) is 0 Å². The molecule has 0 unspecified atom stereocenters. The van der Waals surface area contributed by atoms with Gasteiger partial charge in [0.05, 0.1) is 0 Å². The summed E-state index contributed by atoms with van der Waals surface area (Å²) in [5, 5.41) is 5.99. The van der Waals surface area contributed by atoms with Crippen LogP contribution < -0.4 is 10.6 Å². The van der Waals surface area contributed by atoms with Crippen LogP contribution in [0.25, 0.3) is 0 Å². The molecule has 1 atom stereocenters. The zero-order chi connectivity index (χ0) is 22.1. The van der Waals surface area contributed by atoms with E-state index in [4.69, 9.17) is 0 Å². The van der Waals surface area contributed by atoms with Gasteiger partial charge in [0.15, 0.2) is 0 Å². The van der Waals surface area contributed by atoms with E-state index in [1.165, 1.54) is 5.56 Å². The van der Waals surface area contributed by atoms with E-state index in [1.807, 2.05) is 86.6 Å². The van der Waals surface area contributed by atoms with E-state index in [0.717, 1.165) is 23.2 Å². The summed E-state index contributed by atoms with van der Waals surface area (Å²) in [7, 11) is 0. The maximum Gasteiger partial charge on any atom is 0.247 e. The molecular weight excluding hydrogens is 384 g/mol. The minimum absolute atomic E-state index is 0.108. The fourth-order valence-electron chi connectivity index (χ4n) is 3.52. The highest BCUT2D eigenvalue weighted by molar-refractivity contribution is 5.98. The van der Waals surface area contributed by atoms with Crippen molar-refractivity contribution in [3.63, 3.8) is 0 Å². The van der Waals surface area contributed by atoms with Crippen molar-refractivity contribution in [2.24, 2.45) is 5.92 Å². The molecule has 0 fully saturated rings. The van der Waals surface area contributed by atoms with Crippen LogP contribution in [0.15, 0.2) is 84.9 Å². The van der Waals surface area contributed by atoms with Crippen LogP contribution in [0.4, 0.5) is 5.69 Å². The molecule has 0 radical (unpaired) electrons. The lowest BCUT2D eigenvalue weighted by Crippen LogP contribution is -2.45. The number of hydrogen-bond donors (Lipinski definition) is 2. The van der Waals surface area contributed by atoms with Crippen molar-refractivity contribution in [2.45, 2.75) is 39.2 Å². The van der Waals surface area contributed by atoms with E-state index in [2.05, 4.69) is 22.8 Å². The van der Waals surface area contributed by atoms with Gasteiger partial charge < -0.3 is 10.6 Å². The molecule has 0 heterocycles. The molecule has 3 rings (SSSR count). The highest BCUT2D eigenvalue weighted by Gasteiger charge is 2.22. The molecule has 2 N–H and O–H groups in total. The fraction of sp³-hybridized carbons (Fsp3) is 0.259. The Labute approximate surface area is 184 Å². The summed E-state index contributed by atoms with van der Waals surface area (Å²) in [5.74, 6) is -0.0860. The smallest absolute Gasteiger partial charge is 0.247 e. The number of para-hydroxylation sites is 1. The third-order valence-electron chi connectivity index (χ3n) is 5.04. The summed E-state index contributed by atoms with van der Waals surface area (Å²) < 4.78 is 0. The van der Waals surface area contributed by atoms with Crippen LogP contribution in [0.2, 0.25) is 0 Å². The van der Waals surface area contributed by atoms with Gasteiger partial charge in [-0.05, 0) is 35.1 Å². The zero-order valence-corrected chi connectivity index (χ0v) is 18.2. The number of hydrogen-bond acceptors (Lipinski definition) is 2. The fourth-order valence-corrected chi connectivity index (χ4v) is 3.52. The summed E-state index contributed by atoms with van der Waals surface area (Å²) in [6, 6.07) is 27.1. The van der Waals surface area contributed by atoms with E-state index >= 15 is 0 Å². The molecule has 0 aliphatic carbocycles. The molecule has 0 aliphatic rings. The summed E-state index contributed by atoms with van der Waals surface area (Å²) in [6.07, 6.45) is 1.56. The lowest BCUT2D eigenvalue weighted by atomic mass is 10.0. The third-order valence-corrected chi connectivity index (χ3v) is 5.04. The Kier molecular flexibility index (Phi) is 7.99. The molecule has 160 valence electrons. The van der Waals surface area contributed by atoms with Crippen molar-refractivity contribution in [1.29, 1.82) is 0 Å². The summed E-state index contributed by atoms with van der Waals surface area (Å²) >= 11 is 0. The Hall–Kier alpha value is -3.40. The number of carbonyl (C=O) groups is 2. The lowest BCUT2D eigenvalue weighted by Gasteiger charge is -2.20. The Bertz CT molecular complexity index is 984. The number of rotatable bonds is 9. The highest BCUT2D eigenvalue weighted by atomic mass is 16.2. The Morgan fingerprint density at radius 2 is 1.35 bits per heavy atom. The summed E-state index contributed by atoms with van der Waals surface area (Å²) in [5.41, 5.74) is 3.99. The van der Waals surface area contributed by atoms with Gasteiger partial charge in [-0.3, -0.25) is 9.59 Å². The minimum Gasteiger partial charge on any atom is -0.344 e. The van der Waals surface area contributed by atoms with Crippen molar-refractivity contribution in [1.82, 2.24) is 5.32 Å². The number of nitrogens with one attached hydrogen (secondary N) is 2. The summed E-state index contributed by atoms with van der Waals surface area (Å²) in [4.78, 5) is 25.6. The number of anilines is 1. The second-order valence-electron chi connectivity index (χ2n) is 8.22. The molecule has 0 saturated carbocycles. The first kappa shape index (κ1) is 22.3. The van der Waals surface area contributed by atoms with Crippen molar-refractivity contribution < 1.29 is 9.59 Å². The first-order valence-corrected chi connectivity index (χ1v) is 10.8. The second kappa shape index (κ2) is 11.1. The van der Waals surface area contributed by atoms with E-state index in [9.17, 15) is 9.59 Å². The molecule has 0 spiro atoms. The number of amides is 2. The predicted molar refractivity (Wildman–Crippen MR) is 126 cm³/mol. The molecule has 2 amide bonds. The number of benzene rings is 3. The van der Waals surface area contributed by atoms with Crippen molar-refractivity contribution in [3.8, 4) is 0 Å². The molecule has 4 heteroatoms. The predicted octanol–water partition coefficient (Wildman–Crippen LogP) is 4.99. The van der Waals surface area contributed by atoms with Crippen LogP contribution in [-0.2, 0) is 22.4 Å². The van der Waals surface area contributed by atoms with Gasteiger partial charge in [0, 0.05) is 18.5 Å². The van der Waals surface area contributed by atoms with Gasteiger partial charge in [-0.1, -0.05) is 92.7 Å². The van der Waals surface area contributed by atoms with Gasteiger partial charge >= 0.3 is 0 Å².